The second kappa shape index (κ2) is 5.13. The number of hydrogen-bond acceptors (Lipinski definition) is 2. The normalized spacial score (nSPS) is 31.6. The molecule has 0 aromatic rings. The van der Waals surface area contributed by atoms with Gasteiger partial charge in [0, 0.05) is 19.1 Å². The third-order valence-corrected chi connectivity index (χ3v) is 2.99. The van der Waals surface area contributed by atoms with E-state index >= 15 is 0 Å². The van der Waals surface area contributed by atoms with Crippen molar-refractivity contribution in [3.05, 3.63) is 0 Å². The zero-order valence-electron chi connectivity index (χ0n) is 7.84. The van der Waals surface area contributed by atoms with E-state index < -0.39 is 6.17 Å². The minimum Gasteiger partial charge on any atom is -0.317 e. The Morgan fingerprint density at radius 1 is 1.15 bits per heavy atom. The van der Waals surface area contributed by atoms with E-state index in [0.717, 1.165) is 26.1 Å². The van der Waals surface area contributed by atoms with Crippen LogP contribution in [0.5, 0.6) is 0 Å². The van der Waals surface area contributed by atoms with Crippen LogP contribution in [0.25, 0.3) is 0 Å². The fraction of sp³-hybridized carbons (Fsp3) is 1.00. The quantitative estimate of drug-likeness (QED) is 0.697. The van der Waals surface area contributed by atoms with Gasteiger partial charge in [0.25, 0.3) is 0 Å². The highest BCUT2D eigenvalue weighted by atomic mass is 35.5. The van der Waals surface area contributed by atoms with Crippen molar-refractivity contribution in [3.8, 4) is 0 Å². The molecule has 0 bridgehead atoms. The van der Waals surface area contributed by atoms with Gasteiger partial charge in [0.2, 0.25) is 0 Å². The molecule has 2 nitrogen and oxygen atoms in total. The molecule has 0 aromatic heterocycles. The summed E-state index contributed by atoms with van der Waals surface area (Å²) in [5.41, 5.74) is 0. The van der Waals surface area contributed by atoms with Gasteiger partial charge in [-0.25, -0.2) is 4.39 Å². The Bertz CT molecular complexity index is 148. The summed E-state index contributed by atoms with van der Waals surface area (Å²) in [4.78, 5) is 2.32. The molecule has 0 spiro atoms. The highest BCUT2D eigenvalue weighted by Crippen LogP contribution is 2.19. The Hall–Kier alpha value is 0.140. The maximum Gasteiger partial charge on any atom is 0.114 e. The van der Waals surface area contributed by atoms with Crippen molar-refractivity contribution in [1.29, 1.82) is 0 Å². The van der Waals surface area contributed by atoms with Crippen molar-refractivity contribution in [2.45, 2.75) is 31.5 Å². The van der Waals surface area contributed by atoms with Crippen LogP contribution < -0.4 is 5.32 Å². The molecule has 2 rings (SSSR count). The minimum absolute atomic E-state index is 0. The number of piperidine rings is 1. The molecule has 1 atom stereocenters. The summed E-state index contributed by atoms with van der Waals surface area (Å²) in [5.74, 6) is 0. The summed E-state index contributed by atoms with van der Waals surface area (Å²) < 4.78 is 12.9. The molecule has 2 saturated heterocycles. The van der Waals surface area contributed by atoms with Crippen molar-refractivity contribution in [1.82, 2.24) is 10.2 Å². The van der Waals surface area contributed by atoms with Gasteiger partial charge >= 0.3 is 0 Å². The van der Waals surface area contributed by atoms with E-state index in [1.807, 2.05) is 0 Å². The molecule has 0 amide bonds. The molecular formula is C9H18ClFN2. The molecule has 2 heterocycles. The zero-order chi connectivity index (χ0) is 8.39. The van der Waals surface area contributed by atoms with Gasteiger partial charge in [-0.1, -0.05) is 0 Å². The van der Waals surface area contributed by atoms with Gasteiger partial charge in [0.05, 0.1) is 0 Å². The van der Waals surface area contributed by atoms with E-state index in [2.05, 4.69) is 10.2 Å². The number of alkyl halides is 1. The smallest absolute Gasteiger partial charge is 0.114 e. The molecule has 0 radical (unpaired) electrons. The van der Waals surface area contributed by atoms with Crippen LogP contribution in [-0.4, -0.2) is 43.3 Å². The molecule has 0 aliphatic carbocycles. The van der Waals surface area contributed by atoms with Crippen LogP contribution in [0.15, 0.2) is 0 Å². The van der Waals surface area contributed by atoms with E-state index in [0.29, 0.717) is 12.6 Å². The lowest BCUT2D eigenvalue weighted by molar-refractivity contribution is 0.184. The maximum atomic E-state index is 12.9. The first-order valence-electron chi connectivity index (χ1n) is 4.95. The number of hydrogen-bond donors (Lipinski definition) is 1. The van der Waals surface area contributed by atoms with Gasteiger partial charge in [-0.3, -0.25) is 4.90 Å². The number of halogens is 2. The Morgan fingerprint density at radius 2 is 1.85 bits per heavy atom. The summed E-state index contributed by atoms with van der Waals surface area (Å²) in [6.45, 7) is 3.88. The summed E-state index contributed by atoms with van der Waals surface area (Å²) in [5, 5.41) is 3.33. The third-order valence-electron chi connectivity index (χ3n) is 2.99. The van der Waals surface area contributed by atoms with Crippen molar-refractivity contribution in [3.63, 3.8) is 0 Å². The van der Waals surface area contributed by atoms with Crippen LogP contribution in [0.3, 0.4) is 0 Å². The molecule has 2 aliphatic heterocycles. The predicted octanol–water partition coefficient (Wildman–Crippen LogP) is 1.20. The molecule has 1 unspecified atom stereocenters. The van der Waals surface area contributed by atoms with E-state index in [4.69, 9.17) is 0 Å². The Morgan fingerprint density at radius 3 is 2.38 bits per heavy atom. The number of nitrogens with zero attached hydrogens (tertiary/aromatic N) is 1. The van der Waals surface area contributed by atoms with Gasteiger partial charge in [0.15, 0.2) is 0 Å². The van der Waals surface area contributed by atoms with Crippen molar-refractivity contribution < 1.29 is 4.39 Å². The number of rotatable bonds is 1. The molecule has 4 heteroatoms. The van der Waals surface area contributed by atoms with E-state index in [1.54, 1.807) is 0 Å². The largest absolute Gasteiger partial charge is 0.317 e. The maximum absolute atomic E-state index is 12.9. The number of likely N-dealkylation sites (tertiary alicyclic amines) is 1. The first-order valence-corrected chi connectivity index (χ1v) is 4.95. The SMILES string of the molecule is Cl.FC1CCN(C2CCNCC2)C1. The molecule has 0 aromatic carbocycles. The van der Waals surface area contributed by atoms with E-state index in [-0.39, 0.29) is 12.4 Å². The fourth-order valence-electron chi connectivity index (χ4n) is 2.25. The lowest BCUT2D eigenvalue weighted by atomic mass is 10.1. The van der Waals surface area contributed by atoms with Gasteiger partial charge in [-0.15, -0.1) is 12.4 Å². The second-order valence-electron chi connectivity index (χ2n) is 3.86. The van der Waals surface area contributed by atoms with Crippen molar-refractivity contribution in [2.24, 2.45) is 0 Å². The average molecular weight is 209 g/mol. The van der Waals surface area contributed by atoms with Gasteiger partial charge < -0.3 is 5.32 Å². The second-order valence-corrected chi connectivity index (χ2v) is 3.86. The van der Waals surface area contributed by atoms with Crippen LogP contribution in [0, 0.1) is 0 Å². The molecule has 1 N–H and O–H groups in total. The molecular weight excluding hydrogens is 191 g/mol. The van der Waals surface area contributed by atoms with E-state index in [9.17, 15) is 4.39 Å². The first-order chi connectivity index (χ1) is 5.86. The highest BCUT2D eigenvalue weighted by Gasteiger charge is 2.28. The van der Waals surface area contributed by atoms with Crippen molar-refractivity contribution >= 4 is 12.4 Å². The Labute approximate surface area is 85.3 Å². The Balaban J connectivity index is 0.000000845. The van der Waals surface area contributed by atoms with Crippen LogP contribution in [0.1, 0.15) is 19.3 Å². The molecule has 13 heavy (non-hydrogen) atoms. The fourth-order valence-corrected chi connectivity index (χ4v) is 2.25. The van der Waals surface area contributed by atoms with Gasteiger partial charge in [0.1, 0.15) is 6.17 Å². The number of nitrogens with one attached hydrogen (secondary N) is 1. The summed E-state index contributed by atoms with van der Waals surface area (Å²) >= 11 is 0. The van der Waals surface area contributed by atoms with Gasteiger partial charge in [-0.2, -0.15) is 0 Å². The Kier molecular flexibility index (Phi) is 4.42. The summed E-state index contributed by atoms with van der Waals surface area (Å²) in [6, 6.07) is 0.659. The van der Waals surface area contributed by atoms with E-state index in [1.165, 1.54) is 12.8 Å². The lowest BCUT2D eigenvalue weighted by Crippen LogP contribution is -2.42. The molecule has 78 valence electrons. The minimum atomic E-state index is -0.556. The lowest BCUT2D eigenvalue weighted by Gasteiger charge is -2.30. The van der Waals surface area contributed by atoms with Crippen LogP contribution in [0.2, 0.25) is 0 Å². The first kappa shape index (κ1) is 11.2. The van der Waals surface area contributed by atoms with Crippen LogP contribution >= 0.6 is 12.4 Å². The highest BCUT2D eigenvalue weighted by molar-refractivity contribution is 5.85. The molecule has 2 aliphatic rings. The van der Waals surface area contributed by atoms with Gasteiger partial charge in [-0.05, 0) is 32.4 Å². The standard InChI is InChI=1S/C9H17FN2.ClH/c10-8-3-6-12(7-8)9-1-4-11-5-2-9;/h8-9,11H,1-7H2;1H. The predicted molar refractivity (Wildman–Crippen MR) is 54.2 cm³/mol. The average Bonchev–Trinajstić information content (AvgIpc) is 2.54. The van der Waals surface area contributed by atoms with Crippen LogP contribution in [0.4, 0.5) is 4.39 Å². The zero-order valence-corrected chi connectivity index (χ0v) is 8.65. The molecule has 2 fully saturated rings. The monoisotopic (exact) mass is 208 g/mol. The van der Waals surface area contributed by atoms with Crippen LogP contribution in [-0.2, 0) is 0 Å². The molecule has 0 saturated carbocycles. The topological polar surface area (TPSA) is 15.3 Å². The van der Waals surface area contributed by atoms with Crippen molar-refractivity contribution in [2.75, 3.05) is 26.2 Å². The summed E-state index contributed by atoms with van der Waals surface area (Å²) in [7, 11) is 0. The summed E-state index contributed by atoms with van der Waals surface area (Å²) in [6.07, 6.45) is 2.60. The third kappa shape index (κ3) is 2.79.